The molecule has 0 fully saturated rings. The van der Waals surface area contributed by atoms with Crippen LogP contribution in [0, 0.1) is 10.8 Å². The van der Waals surface area contributed by atoms with Gasteiger partial charge in [-0.3, -0.25) is 4.89 Å². The second-order valence-corrected chi connectivity index (χ2v) is 8.48. The van der Waals surface area contributed by atoms with E-state index in [0.29, 0.717) is 11.8 Å². The Morgan fingerprint density at radius 1 is 0.909 bits per heavy atom. The number of carbonyl (C=O) groups is 1. The SMILES string of the molecule is CCC(C)(C)C(C)(C)OOOC(=O)CCCCCC(C)(C)C. The smallest absolute Gasteiger partial charge is 0.269 e. The van der Waals surface area contributed by atoms with Gasteiger partial charge in [-0.05, 0) is 49.0 Å². The maximum absolute atomic E-state index is 11.6. The molecule has 0 unspecified atom stereocenters. The summed E-state index contributed by atoms with van der Waals surface area (Å²) in [6.45, 7) is 16.8. The Morgan fingerprint density at radius 3 is 2.00 bits per heavy atom. The van der Waals surface area contributed by atoms with Crippen LogP contribution in [-0.2, 0) is 19.6 Å². The summed E-state index contributed by atoms with van der Waals surface area (Å²) in [5.41, 5.74) is -0.254. The second kappa shape index (κ2) is 8.88. The van der Waals surface area contributed by atoms with Crippen LogP contribution in [0.15, 0.2) is 0 Å². The minimum absolute atomic E-state index is 0.0770. The van der Waals surface area contributed by atoms with Gasteiger partial charge in [-0.25, -0.2) is 4.79 Å². The van der Waals surface area contributed by atoms with Crippen molar-refractivity contribution >= 4 is 5.97 Å². The molecule has 0 aliphatic rings. The molecule has 0 saturated heterocycles. The fourth-order valence-corrected chi connectivity index (χ4v) is 1.82. The van der Waals surface area contributed by atoms with Crippen molar-refractivity contribution in [2.24, 2.45) is 10.8 Å². The highest BCUT2D eigenvalue weighted by Crippen LogP contribution is 2.36. The van der Waals surface area contributed by atoms with Crippen LogP contribution < -0.4 is 0 Å². The van der Waals surface area contributed by atoms with Crippen LogP contribution in [0.25, 0.3) is 0 Å². The van der Waals surface area contributed by atoms with Crippen LogP contribution >= 0.6 is 0 Å². The average molecular weight is 316 g/mol. The molecule has 0 aliphatic carbocycles. The first-order valence-corrected chi connectivity index (χ1v) is 8.46. The lowest BCUT2D eigenvalue weighted by Gasteiger charge is -2.38. The summed E-state index contributed by atoms with van der Waals surface area (Å²) >= 11 is 0. The van der Waals surface area contributed by atoms with Crippen LogP contribution in [0.2, 0.25) is 0 Å². The number of hydrogen-bond donors (Lipinski definition) is 0. The van der Waals surface area contributed by atoms with E-state index >= 15 is 0 Å². The van der Waals surface area contributed by atoms with Crippen LogP contribution in [-0.4, -0.2) is 11.6 Å². The first-order valence-electron chi connectivity index (χ1n) is 8.46. The number of hydrogen-bond acceptors (Lipinski definition) is 4. The summed E-state index contributed by atoms with van der Waals surface area (Å²) in [5, 5.41) is 4.71. The summed E-state index contributed by atoms with van der Waals surface area (Å²) < 4.78 is 0. The molecule has 0 radical (unpaired) electrons. The minimum atomic E-state index is -0.533. The minimum Gasteiger partial charge on any atom is -0.269 e. The van der Waals surface area contributed by atoms with Crippen molar-refractivity contribution in [2.75, 3.05) is 0 Å². The molecule has 0 N–H and O–H groups in total. The molecule has 0 atom stereocenters. The van der Waals surface area contributed by atoms with Crippen molar-refractivity contribution < 1.29 is 19.6 Å². The molecule has 0 bridgehead atoms. The quantitative estimate of drug-likeness (QED) is 0.299. The zero-order chi connectivity index (χ0) is 17.4. The van der Waals surface area contributed by atoms with E-state index in [1.54, 1.807) is 0 Å². The third-order valence-electron chi connectivity index (χ3n) is 4.69. The van der Waals surface area contributed by atoms with Gasteiger partial charge in [0.15, 0.2) is 0 Å². The molecule has 0 aromatic rings. The van der Waals surface area contributed by atoms with E-state index in [-0.39, 0.29) is 11.4 Å². The van der Waals surface area contributed by atoms with Crippen LogP contribution in [0.4, 0.5) is 0 Å². The number of rotatable bonds is 10. The molecule has 0 aliphatic heterocycles. The highest BCUT2D eigenvalue weighted by atomic mass is 17.5. The van der Waals surface area contributed by atoms with Gasteiger partial charge in [-0.15, -0.1) is 0 Å². The van der Waals surface area contributed by atoms with E-state index < -0.39 is 5.60 Å². The molecule has 4 nitrogen and oxygen atoms in total. The van der Waals surface area contributed by atoms with Crippen molar-refractivity contribution in [3.63, 3.8) is 0 Å². The predicted molar refractivity (Wildman–Crippen MR) is 89.0 cm³/mol. The standard InChI is InChI=1S/C18H36O4/c1-9-17(5,6)18(7,8)21-22-20-15(19)13-11-10-12-14-16(2,3)4/h9-14H2,1-8H3. The summed E-state index contributed by atoms with van der Waals surface area (Å²) in [6, 6.07) is 0. The number of unbranched alkanes of at least 4 members (excludes halogenated alkanes) is 2. The topological polar surface area (TPSA) is 44.8 Å². The zero-order valence-electron chi connectivity index (χ0n) is 15.9. The van der Waals surface area contributed by atoms with Gasteiger partial charge in [0.25, 0.3) is 0 Å². The first kappa shape index (κ1) is 21.4. The van der Waals surface area contributed by atoms with Gasteiger partial charge in [-0.2, -0.15) is 4.89 Å². The van der Waals surface area contributed by atoms with Gasteiger partial charge in [-0.1, -0.05) is 54.4 Å². The fourth-order valence-electron chi connectivity index (χ4n) is 1.82. The molecule has 0 rings (SSSR count). The summed E-state index contributed by atoms with van der Waals surface area (Å²) in [7, 11) is 0. The van der Waals surface area contributed by atoms with E-state index in [9.17, 15) is 4.79 Å². The highest BCUT2D eigenvalue weighted by Gasteiger charge is 2.38. The summed E-state index contributed by atoms with van der Waals surface area (Å²) in [5.74, 6) is -0.374. The van der Waals surface area contributed by atoms with E-state index in [2.05, 4.69) is 41.5 Å². The Bertz CT molecular complexity index is 326. The van der Waals surface area contributed by atoms with E-state index in [0.717, 1.165) is 25.7 Å². The van der Waals surface area contributed by atoms with Crippen molar-refractivity contribution in [1.29, 1.82) is 0 Å². The molecule has 0 heterocycles. The van der Waals surface area contributed by atoms with Gasteiger partial charge in [0, 0.05) is 6.42 Å². The van der Waals surface area contributed by atoms with Crippen LogP contribution in [0.3, 0.4) is 0 Å². The van der Waals surface area contributed by atoms with Crippen molar-refractivity contribution in [1.82, 2.24) is 0 Å². The lowest BCUT2D eigenvalue weighted by atomic mass is 9.75. The Labute approximate surface area is 136 Å². The third kappa shape index (κ3) is 8.74. The van der Waals surface area contributed by atoms with E-state index in [1.807, 2.05) is 13.8 Å². The average Bonchev–Trinajstić information content (AvgIpc) is 2.36. The maximum Gasteiger partial charge on any atom is 0.345 e. The molecule has 0 amide bonds. The molecule has 0 spiro atoms. The normalized spacial score (nSPS) is 13.3. The molecular weight excluding hydrogens is 280 g/mol. The monoisotopic (exact) mass is 316 g/mol. The maximum atomic E-state index is 11.6. The molecule has 0 aromatic carbocycles. The van der Waals surface area contributed by atoms with Crippen molar-refractivity contribution in [3.05, 3.63) is 0 Å². The van der Waals surface area contributed by atoms with Gasteiger partial charge in [0.1, 0.15) is 5.60 Å². The van der Waals surface area contributed by atoms with Gasteiger partial charge in [0.05, 0.1) is 0 Å². The van der Waals surface area contributed by atoms with E-state index in [1.165, 1.54) is 6.42 Å². The van der Waals surface area contributed by atoms with Crippen LogP contribution in [0.1, 0.15) is 93.9 Å². The molecule has 4 heteroatoms. The van der Waals surface area contributed by atoms with Crippen molar-refractivity contribution in [2.45, 2.75) is 99.5 Å². The first-order chi connectivity index (χ1) is 9.91. The van der Waals surface area contributed by atoms with Crippen LogP contribution in [0.5, 0.6) is 0 Å². The fraction of sp³-hybridized carbons (Fsp3) is 0.944. The summed E-state index contributed by atoms with van der Waals surface area (Å²) in [4.78, 5) is 21.6. The Morgan fingerprint density at radius 2 is 1.50 bits per heavy atom. The molecule has 132 valence electrons. The third-order valence-corrected chi connectivity index (χ3v) is 4.69. The predicted octanol–water partition coefficient (Wildman–Crippen LogP) is 5.60. The van der Waals surface area contributed by atoms with E-state index in [4.69, 9.17) is 14.8 Å². The molecule has 0 aromatic heterocycles. The largest absolute Gasteiger partial charge is 0.345 e. The zero-order valence-corrected chi connectivity index (χ0v) is 15.9. The Kier molecular flexibility index (Phi) is 8.63. The Balaban J connectivity index is 3.83. The second-order valence-electron chi connectivity index (χ2n) is 8.48. The van der Waals surface area contributed by atoms with Crippen molar-refractivity contribution in [3.8, 4) is 0 Å². The lowest BCUT2D eigenvalue weighted by molar-refractivity contribution is -0.526. The van der Waals surface area contributed by atoms with Gasteiger partial charge >= 0.3 is 5.97 Å². The highest BCUT2D eigenvalue weighted by molar-refractivity contribution is 5.68. The summed E-state index contributed by atoms with van der Waals surface area (Å²) in [6.07, 6.45) is 5.45. The van der Waals surface area contributed by atoms with Gasteiger partial charge < -0.3 is 0 Å². The number of carbonyl (C=O) groups excluding carboxylic acids is 1. The lowest BCUT2D eigenvalue weighted by Crippen LogP contribution is -2.41. The molecule has 0 saturated carbocycles. The Hall–Kier alpha value is -0.610. The van der Waals surface area contributed by atoms with Gasteiger partial charge in [0.2, 0.25) is 0 Å². The molecule has 22 heavy (non-hydrogen) atoms. The molecular formula is C18H36O4.